The Morgan fingerprint density at radius 3 is 2.53 bits per heavy atom. The van der Waals surface area contributed by atoms with Crippen LogP contribution in [-0.2, 0) is 23.1 Å². The maximum Gasteiger partial charge on any atom is 0.329 e. The molecule has 1 N–H and O–H groups in total. The van der Waals surface area contributed by atoms with E-state index in [4.69, 9.17) is 5.11 Å². The Kier molecular flexibility index (Phi) is 4.63. The lowest BCUT2D eigenvalue weighted by molar-refractivity contribution is -0.156. The molecule has 0 saturated carbocycles. The third-order valence-corrected chi connectivity index (χ3v) is 3.06. The summed E-state index contributed by atoms with van der Waals surface area (Å²) in [5, 5.41) is 16.8. The maximum absolute atomic E-state index is 12.1. The number of hydrogen-bond acceptors (Lipinski definition) is 4. The minimum absolute atomic E-state index is 0.194. The fourth-order valence-corrected chi connectivity index (χ4v) is 1.88. The summed E-state index contributed by atoms with van der Waals surface area (Å²) >= 11 is 0. The molecule has 7 nitrogen and oxygen atoms in total. The summed E-state index contributed by atoms with van der Waals surface area (Å²) in [6.45, 7) is 5.18. The zero-order valence-corrected chi connectivity index (χ0v) is 11.8. The van der Waals surface area contributed by atoms with E-state index in [1.807, 2.05) is 0 Å². The molecule has 0 fully saturated rings. The molecule has 1 aromatic heterocycles. The number of aromatic nitrogens is 3. The van der Waals surface area contributed by atoms with Crippen LogP contribution in [0.1, 0.15) is 32.9 Å². The van der Waals surface area contributed by atoms with Gasteiger partial charge in [-0.15, -0.1) is 5.10 Å². The number of carboxylic acid groups (broad SMARTS) is 1. The highest BCUT2D eigenvalue weighted by Gasteiger charge is 2.36. The Bertz CT molecular complexity index is 467. The van der Waals surface area contributed by atoms with Crippen molar-refractivity contribution in [3.63, 3.8) is 0 Å². The molecule has 0 aromatic carbocycles. The number of nitrogens with zero attached hydrogens (tertiary/aromatic N) is 4. The van der Waals surface area contributed by atoms with Gasteiger partial charge in [0.2, 0.25) is 5.91 Å². The highest BCUT2D eigenvalue weighted by atomic mass is 16.4. The van der Waals surface area contributed by atoms with Gasteiger partial charge in [0, 0.05) is 32.6 Å². The van der Waals surface area contributed by atoms with Crippen LogP contribution in [0.15, 0.2) is 6.20 Å². The van der Waals surface area contributed by atoms with Gasteiger partial charge >= 0.3 is 5.97 Å². The first kappa shape index (κ1) is 15.1. The molecule has 0 aliphatic heterocycles. The molecule has 0 atom stereocenters. The van der Waals surface area contributed by atoms with Crippen LogP contribution in [-0.4, -0.2) is 49.0 Å². The lowest BCUT2D eigenvalue weighted by atomic mass is 10.0. The van der Waals surface area contributed by atoms with E-state index in [2.05, 4.69) is 10.3 Å². The van der Waals surface area contributed by atoms with E-state index in [0.717, 1.165) is 5.69 Å². The van der Waals surface area contributed by atoms with E-state index in [9.17, 15) is 9.59 Å². The third kappa shape index (κ3) is 3.52. The van der Waals surface area contributed by atoms with Crippen LogP contribution in [0, 0.1) is 0 Å². The van der Waals surface area contributed by atoms with Crippen molar-refractivity contribution in [1.29, 1.82) is 0 Å². The van der Waals surface area contributed by atoms with Gasteiger partial charge in [0.25, 0.3) is 0 Å². The molecule has 0 radical (unpaired) electrons. The summed E-state index contributed by atoms with van der Waals surface area (Å²) in [5.74, 6) is -1.21. The summed E-state index contributed by atoms with van der Waals surface area (Å²) in [6, 6.07) is 0. The first-order valence-corrected chi connectivity index (χ1v) is 6.18. The van der Waals surface area contributed by atoms with Crippen LogP contribution >= 0.6 is 0 Å². The number of hydrogen-bond donors (Lipinski definition) is 1. The van der Waals surface area contributed by atoms with E-state index >= 15 is 0 Å². The average Bonchev–Trinajstić information content (AvgIpc) is 2.73. The zero-order valence-electron chi connectivity index (χ0n) is 11.8. The molecular weight excluding hydrogens is 248 g/mol. The molecule has 1 aromatic rings. The van der Waals surface area contributed by atoms with Gasteiger partial charge in [-0.05, 0) is 20.8 Å². The van der Waals surface area contributed by atoms with Crippen molar-refractivity contribution in [2.24, 2.45) is 7.05 Å². The highest BCUT2D eigenvalue weighted by molar-refractivity contribution is 5.86. The average molecular weight is 268 g/mol. The van der Waals surface area contributed by atoms with Crippen molar-refractivity contribution < 1.29 is 14.7 Å². The van der Waals surface area contributed by atoms with Crippen molar-refractivity contribution in [2.75, 3.05) is 6.54 Å². The van der Waals surface area contributed by atoms with Gasteiger partial charge in [-0.2, -0.15) is 0 Å². The molecule has 1 rings (SSSR count). The van der Waals surface area contributed by atoms with Gasteiger partial charge in [-0.1, -0.05) is 5.21 Å². The van der Waals surface area contributed by atoms with Crippen molar-refractivity contribution >= 4 is 11.9 Å². The number of aliphatic carboxylic acids is 1. The largest absolute Gasteiger partial charge is 0.480 e. The Morgan fingerprint density at radius 2 is 2.11 bits per heavy atom. The Balaban J connectivity index is 2.67. The number of amides is 1. The molecule has 0 saturated heterocycles. The van der Waals surface area contributed by atoms with Gasteiger partial charge in [-0.25, -0.2) is 4.79 Å². The first-order valence-electron chi connectivity index (χ1n) is 6.18. The molecule has 1 amide bonds. The predicted molar refractivity (Wildman–Crippen MR) is 68.4 cm³/mol. The quantitative estimate of drug-likeness (QED) is 0.809. The second kappa shape index (κ2) is 5.81. The standard InChI is InChI=1S/C12H20N4O3/c1-5-16(12(2,3)11(18)19)10(17)7-6-9-8-15(4)14-13-9/h8H,5-7H2,1-4H3,(H,18,19). The minimum Gasteiger partial charge on any atom is -0.480 e. The Labute approximate surface area is 112 Å². The molecule has 0 unspecified atom stereocenters. The van der Waals surface area contributed by atoms with Crippen molar-refractivity contribution in [1.82, 2.24) is 19.9 Å². The molecule has 0 aliphatic rings. The third-order valence-electron chi connectivity index (χ3n) is 3.06. The van der Waals surface area contributed by atoms with Crippen LogP contribution in [0.5, 0.6) is 0 Å². The number of carbonyl (C=O) groups excluding carboxylic acids is 1. The predicted octanol–water partition coefficient (Wildman–Crippen LogP) is 0.459. The summed E-state index contributed by atoms with van der Waals surface area (Å²) in [5.41, 5.74) is -0.478. The fourth-order valence-electron chi connectivity index (χ4n) is 1.88. The van der Waals surface area contributed by atoms with Crippen molar-refractivity contribution in [3.05, 3.63) is 11.9 Å². The van der Waals surface area contributed by atoms with Crippen LogP contribution in [0.2, 0.25) is 0 Å². The van der Waals surface area contributed by atoms with Crippen LogP contribution in [0.25, 0.3) is 0 Å². The highest BCUT2D eigenvalue weighted by Crippen LogP contribution is 2.16. The maximum atomic E-state index is 12.1. The lowest BCUT2D eigenvalue weighted by Crippen LogP contribution is -2.52. The number of rotatable bonds is 6. The number of likely N-dealkylation sites (N-methyl/N-ethyl adjacent to an activating group) is 1. The molecule has 0 spiro atoms. The number of aryl methyl sites for hydroxylation is 2. The van der Waals surface area contributed by atoms with E-state index < -0.39 is 11.5 Å². The molecule has 0 bridgehead atoms. The van der Waals surface area contributed by atoms with Gasteiger partial charge in [0.05, 0.1) is 5.69 Å². The molecule has 0 aliphatic carbocycles. The van der Waals surface area contributed by atoms with E-state index in [1.165, 1.54) is 18.7 Å². The van der Waals surface area contributed by atoms with Crippen LogP contribution in [0.4, 0.5) is 0 Å². The summed E-state index contributed by atoms with van der Waals surface area (Å²) in [6.07, 6.45) is 2.42. The first-order chi connectivity index (χ1) is 8.78. The zero-order chi connectivity index (χ0) is 14.6. The Morgan fingerprint density at radius 1 is 1.47 bits per heavy atom. The Hall–Kier alpha value is -1.92. The molecule has 106 valence electrons. The van der Waals surface area contributed by atoms with Crippen LogP contribution < -0.4 is 0 Å². The second-order valence-electron chi connectivity index (χ2n) is 4.89. The minimum atomic E-state index is -1.20. The molecular formula is C12H20N4O3. The summed E-state index contributed by atoms with van der Waals surface area (Å²) in [4.78, 5) is 24.7. The summed E-state index contributed by atoms with van der Waals surface area (Å²) in [7, 11) is 1.75. The fraction of sp³-hybridized carbons (Fsp3) is 0.667. The summed E-state index contributed by atoms with van der Waals surface area (Å²) < 4.78 is 1.57. The topological polar surface area (TPSA) is 88.3 Å². The SMILES string of the molecule is CCN(C(=O)CCc1cn(C)nn1)C(C)(C)C(=O)O. The molecule has 19 heavy (non-hydrogen) atoms. The number of carbonyl (C=O) groups is 2. The van der Waals surface area contributed by atoms with E-state index in [1.54, 1.807) is 24.9 Å². The van der Waals surface area contributed by atoms with E-state index in [-0.39, 0.29) is 12.3 Å². The smallest absolute Gasteiger partial charge is 0.329 e. The van der Waals surface area contributed by atoms with E-state index in [0.29, 0.717) is 13.0 Å². The van der Waals surface area contributed by atoms with Crippen LogP contribution in [0.3, 0.4) is 0 Å². The van der Waals surface area contributed by atoms with Gasteiger partial charge in [-0.3, -0.25) is 9.48 Å². The molecule has 7 heteroatoms. The monoisotopic (exact) mass is 268 g/mol. The van der Waals surface area contributed by atoms with Gasteiger partial charge < -0.3 is 10.0 Å². The van der Waals surface area contributed by atoms with Gasteiger partial charge in [0.1, 0.15) is 5.54 Å². The van der Waals surface area contributed by atoms with Crippen molar-refractivity contribution in [2.45, 2.75) is 39.2 Å². The van der Waals surface area contributed by atoms with Gasteiger partial charge in [0.15, 0.2) is 0 Å². The normalized spacial score (nSPS) is 11.4. The molecule has 1 heterocycles. The van der Waals surface area contributed by atoms with Crippen molar-refractivity contribution in [3.8, 4) is 0 Å². The second-order valence-corrected chi connectivity index (χ2v) is 4.89. The lowest BCUT2D eigenvalue weighted by Gasteiger charge is -2.34. The number of carboxylic acids is 1.